The van der Waals surface area contributed by atoms with Gasteiger partial charge in [-0.05, 0) is 24.8 Å². The molecule has 1 aromatic carbocycles. The molecule has 21 heavy (non-hydrogen) atoms. The smallest absolute Gasteiger partial charge is 0.309 e. The van der Waals surface area contributed by atoms with Crippen LogP contribution in [0, 0.1) is 28.9 Å². The minimum absolute atomic E-state index is 0.120. The number of nitrogens with one attached hydrogen (secondary N) is 1. The lowest BCUT2D eigenvalue weighted by atomic mass is 10.1. The van der Waals surface area contributed by atoms with Crippen molar-refractivity contribution in [2.45, 2.75) is 20.3 Å². The molecule has 1 saturated carbocycles. The number of nitrogens with zero attached hydrogens (tertiary/aromatic N) is 1. The maximum atomic E-state index is 11.8. The Morgan fingerprint density at radius 3 is 2.71 bits per heavy atom. The highest BCUT2D eigenvalue weighted by molar-refractivity contribution is 5.95. The number of hydrogen-bond donors (Lipinski definition) is 1. The Bertz CT molecular complexity index is 599. The van der Waals surface area contributed by atoms with E-state index in [2.05, 4.69) is 5.32 Å². The van der Waals surface area contributed by atoms with Crippen LogP contribution in [-0.2, 0) is 14.3 Å². The van der Waals surface area contributed by atoms with Crippen LogP contribution in [0.15, 0.2) is 18.2 Å². The summed E-state index contributed by atoms with van der Waals surface area (Å²) in [4.78, 5) is 33.6. The maximum absolute atomic E-state index is 11.8. The molecule has 2 rings (SSSR count). The first-order valence-electron chi connectivity index (χ1n) is 6.60. The van der Waals surface area contributed by atoms with Gasteiger partial charge in [-0.25, -0.2) is 0 Å². The fourth-order valence-electron chi connectivity index (χ4n) is 2.04. The second-order valence-electron chi connectivity index (χ2n) is 5.20. The lowest BCUT2D eigenvalue weighted by Gasteiger charge is -2.09. The zero-order valence-corrected chi connectivity index (χ0v) is 11.8. The van der Waals surface area contributed by atoms with E-state index in [1.54, 1.807) is 13.0 Å². The molecule has 0 saturated heterocycles. The Kier molecular flexibility index (Phi) is 4.21. The molecule has 1 aliphatic rings. The van der Waals surface area contributed by atoms with Gasteiger partial charge in [0.1, 0.15) is 5.69 Å². The van der Waals surface area contributed by atoms with E-state index in [0.717, 1.165) is 6.42 Å². The first-order valence-corrected chi connectivity index (χ1v) is 6.60. The van der Waals surface area contributed by atoms with Gasteiger partial charge in [0, 0.05) is 6.07 Å². The molecule has 0 heterocycles. The number of anilines is 1. The summed E-state index contributed by atoms with van der Waals surface area (Å²) >= 11 is 0. The molecule has 0 bridgehead atoms. The van der Waals surface area contributed by atoms with E-state index < -0.39 is 23.4 Å². The number of esters is 1. The average molecular weight is 292 g/mol. The summed E-state index contributed by atoms with van der Waals surface area (Å²) in [6.45, 7) is 3.15. The van der Waals surface area contributed by atoms with Gasteiger partial charge < -0.3 is 10.1 Å². The van der Waals surface area contributed by atoms with Crippen molar-refractivity contribution in [3.8, 4) is 0 Å². The standard InChI is InChI=1S/C14H16N2O5/c1-8-4-3-5-11(16(19)20)13(8)15-12(17)7-21-14(18)10-6-9(10)2/h3-5,9-10H,6-7H2,1-2H3,(H,15,17)/t9-,10+/m1/s1. The zero-order chi connectivity index (χ0) is 15.6. The summed E-state index contributed by atoms with van der Waals surface area (Å²) in [6, 6.07) is 4.50. The molecule has 7 heteroatoms. The zero-order valence-electron chi connectivity index (χ0n) is 11.8. The molecule has 2 atom stereocenters. The lowest BCUT2D eigenvalue weighted by molar-refractivity contribution is -0.384. The average Bonchev–Trinajstić information content (AvgIpc) is 3.15. The van der Waals surface area contributed by atoms with Crippen molar-refractivity contribution >= 4 is 23.3 Å². The largest absolute Gasteiger partial charge is 0.455 e. The molecule has 1 fully saturated rings. The Balaban J connectivity index is 1.96. The van der Waals surface area contributed by atoms with Gasteiger partial charge in [0.05, 0.1) is 10.8 Å². The monoisotopic (exact) mass is 292 g/mol. The van der Waals surface area contributed by atoms with Gasteiger partial charge in [-0.15, -0.1) is 0 Å². The predicted molar refractivity (Wildman–Crippen MR) is 74.7 cm³/mol. The number of amides is 1. The molecule has 0 unspecified atom stereocenters. The van der Waals surface area contributed by atoms with Crippen LogP contribution in [0.3, 0.4) is 0 Å². The molecular formula is C14H16N2O5. The fraction of sp³-hybridized carbons (Fsp3) is 0.429. The van der Waals surface area contributed by atoms with Crippen molar-refractivity contribution in [2.24, 2.45) is 11.8 Å². The van der Waals surface area contributed by atoms with Crippen LogP contribution in [0.1, 0.15) is 18.9 Å². The summed E-state index contributed by atoms with van der Waals surface area (Å²) in [5.74, 6) is -0.797. The number of carbonyl (C=O) groups is 2. The van der Waals surface area contributed by atoms with Crippen LogP contribution < -0.4 is 5.32 Å². The molecule has 0 spiro atoms. The summed E-state index contributed by atoms with van der Waals surface area (Å²) in [5.41, 5.74) is 0.508. The van der Waals surface area contributed by atoms with Gasteiger partial charge in [0.25, 0.3) is 11.6 Å². The highest BCUT2D eigenvalue weighted by Crippen LogP contribution is 2.38. The van der Waals surface area contributed by atoms with E-state index in [1.807, 2.05) is 6.92 Å². The van der Waals surface area contributed by atoms with E-state index in [-0.39, 0.29) is 17.3 Å². The lowest BCUT2D eigenvalue weighted by Crippen LogP contribution is -2.22. The number of nitro benzene ring substituents is 1. The number of para-hydroxylation sites is 1. The van der Waals surface area contributed by atoms with Gasteiger partial charge in [0.15, 0.2) is 6.61 Å². The highest BCUT2D eigenvalue weighted by Gasteiger charge is 2.40. The Hall–Kier alpha value is -2.44. The van der Waals surface area contributed by atoms with Crippen molar-refractivity contribution in [3.63, 3.8) is 0 Å². The SMILES string of the molecule is Cc1cccc([N+](=O)[O-])c1NC(=O)COC(=O)[C@H]1C[C@H]1C. The second kappa shape index (κ2) is 5.90. The van der Waals surface area contributed by atoms with Gasteiger partial charge in [-0.2, -0.15) is 0 Å². The summed E-state index contributed by atoms with van der Waals surface area (Å²) in [7, 11) is 0. The molecule has 7 nitrogen and oxygen atoms in total. The third kappa shape index (κ3) is 3.56. The third-order valence-corrected chi connectivity index (χ3v) is 3.47. The van der Waals surface area contributed by atoms with Gasteiger partial charge >= 0.3 is 5.97 Å². The second-order valence-corrected chi connectivity index (χ2v) is 5.20. The van der Waals surface area contributed by atoms with Crippen molar-refractivity contribution in [1.29, 1.82) is 0 Å². The first-order chi connectivity index (χ1) is 9.90. The molecule has 1 N–H and O–H groups in total. The predicted octanol–water partition coefficient (Wildman–Crippen LogP) is 2.04. The number of carbonyl (C=O) groups excluding carboxylic acids is 2. The summed E-state index contributed by atoms with van der Waals surface area (Å²) in [6.07, 6.45) is 0.781. The van der Waals surface area contributed by atoms with E-state index >= 15 is 0 Å². The number of aryl methyl sites for hydroxylation is 1. The van der Waals surface area contributed by atoms with Gasteiger partial charge in [0.2, 0.25) is 0 Å². The van der Waals surface area contributed by atoms with Gasteiger partial charge in [-0.3, -0.25) is 19.7 Å². The van der Waals surface area contributed by atoms with E-state index in [9.17, 15) is 19.7 Å². The normalized spacial score (nSPS) is 19.7. The maximum Gasteiger partial charge on any atom is 0.309 e. The van der Waals surface area contributed by atoms with Crippen LogP contribution in [0.25, 0.3) is 0 Å². The highest BCUT2D eigenvalue weighted by atomic mass is 16.6. The van der Waals surface area contributed by atoms with Gasteiger partial charge in [-0.1, -0.05) is 19.1 Å². The number of ether oxygens (including phenoxy) is 1. The van der Waals surface area contributed by atoms with Crippen molar-refractivity contribution in [3.05, 3.63) is 33.9 Å². The Labute approximate surface area is 121 Å². The molecule has 1 aliphatic carbocycles. The van der Waals surface area contributed by atoms with E-state index in [4.69, 9.17) is 4.74 Å². The van der Waals surface area contributed by atoms with Crippen LogP contribution in [0.2, 0.25) is 0 Å². The molecular weight excluding hydrogens is 276 g/mol. The topological polar surface area (TPSA) is 98.5 Å². The minimum Gasteiger partial charge on any atom is -0.455 e. The van der Waals surface area contributed by atoms with Crippen LogP contribution in [0.4, 0.5) is 11.4 Å². The summed E-state index contributed by atoms with van der Waals surface area (Å²) in [5, 5.41) is 13.4. The number of rotatable bonds is 5. The fourth-order valence-corrected chi connectivity index (χ4v) is 2.04. The van der Waals surface area contributed by atoms with Crippen LogP contribution in [0.5, 0.6) is 0 Å². The van der Waals surface area contributed by atoms with Crippen LogP contribution in [-0.4, -0.2) is 23.4 Å². The van der Waals surface area contributed by atoms with E-state index in [0.29, 0.717) is 11.5 Å². The van der Waals surface area contributed by atoms with Crippen LogP contribution >= 0.6 is 0 Å². The molecule has 112 valence electrons. The minimum atomic E-state index is -0.589. The molecule has 0 aliphatic heterocycles. The first kappa shape index (κ1) is 15.0. The van der Waals surface area contributed by atoms with Crippen molar-refractivity contribution in [2.75, 3.05) is 11.9 Å². The molecule has 1 amide bonds. The van der Waals surface area contributed by atoms with Crippen molar-refractivity contribution < 1.29 is 19.2 Å². The third-order valence-electron chi connectivity index (χ3n) is 3.47. The molecule has 0 aromatic heterocycles. The Morgan fingerprint density at radius 2 is 2.14 bits per heavy atom. The number of nitro groups is 1. The quantitative estimate of drug-likeness (QED) is 0.508. The summed E-state index contributed by atoms with van der Waals surface area (Å²) < 4.78 is 4.89. The number of hydrogen-bond acceptors (Lipinski definition) is 5. The molecule has 0 radical (unpaired) electrons. The van der Waals surface area contributed by atoms with Crippen molar-refractivity contribution in [1.82, 2.24) is 0 Å². The Morgan fingerprint density at radius 1 is 1.48 bits per heavy atom. The molecule has 1 aromatic rings. The number of benzene rings is 1. The van der Waals surface area contributed by atoms with E-state index in [1.165, 1.54) is 12.1 Å².